The highest BCUT2D eigenvalue weighted by molar-refractivity contribution is 7.89. The van der Waals surface area contributed by atoms with Gasteiger partial charge in [-0.2, -0.15) is 0 Å². The molecule has 0 spiro atoms. The van der Waals surface area contributed by atoms with E-state index in [-0.39, 0.29) is 23.9 Å². The number of methoxy groups -OCH3 is 1. The van der Waals surface area contributed by atoms with Gasteiger partial charge < -0.3 is 10.1 Å². The number of hydrogen-bond acceptors (Lipinski definition) is 4. The fraction of sp³-hybridized carbons (Fsp3) is 0.316. The summed E-state index contributed by atoms with van der Waals surface area (Å²) in [7, 11) is -1.95. The first-order valence-corrected chi connectivity index (χ1v) is 9.85. The van der Waals surface area contributed by atoms with Gasteiger partial charge in [0, 0.05) is 19.5 Å². The van der Waals surface area contributed by atoms with Crippen LogP contribution in [0, 0.1) is 6.92 Å². The smallest absolute Gasteiger partial charge is 0.240 e. The summed E-state index contributed by atoms with van der Waals surface area (Å²) in [6.07, 6.45) is 0.927. The van der Waals surface area contributed by atoms with Crippen molar-refractivity contribution >= 4 is 15.9 Å². The Balaban J connectivity index is 1.71. The first-order valence-electron chi connectivity index (χ1n) is 8.37. The summed E-state index contributed by atoms with van der Waals surface area (Å²) < 4.78 is 31.9. The lowest BCUT2D eigenvalue weighted by Gasteiger charge is -2.09. The molecular formula is C19H24N2O4S. The highest BCUT2D eigenvalue weighted by atomic mass is 32.2. The summed E-state index contributed by atoms with van der Waals surface area (Å²) >= 11 is 0. The van der Waals surface area contributed by atoms with E-state index in [9.17, 15) is 13.2 Å². The molecule has 7 heteroatoms. The van der Waals surface area contributed by atoms with Crippen molar-refractivity contribution in [2.75, 3.05) is 20.2 Å². The van der Waals surface area contributed by atoms with Gasteiger partial charge in [-0.15, -0.1) is 0 Å². The van der Waals surface area contributed by atoms with Crippen LogP contribution in [-0.4, -0.2) is 34.5 Å². The minimum Gasteiger partial charge on any atom is -0.497 e. The van der Waals surface area contributed by atoms with Crippen molar-refractivity contribution in [1.29, 1.82) is 0 Å². The summed E-state index contributed by atoms with van der Waals surface area (Å²) in [5.74, 6) is 0.635. The highest BCUT2D eigenvalue weighted by Crippen LogP contribution is 2.13. The van der Waals surface area contributed by atoms with E-state index in [0.717, 1.165) is 16.9 Å². The van der Waals surface area contributed by atoms with E-state index in [0.29, 0.717) is 12.8 Å². The molecule has 0 aromatic heterocycles. The summed E-state index contributed by atoms with van der Waals surface area (Å²) in [5.41, 5.74) is 2.01. The lowest BCUT2D eigenvalue weighted by molar-refractivity contribution is -0.121. The first kappa shape index (κ1) is 19.9. The van der Waals surface area contributed by atoms with Gasteiger partial charge in [0.25, 0.3) is 0 Å². The van der Waals surface area contributed by atoms with Gasteiger partial charge in [0.05, 0.1) is 12.0 Å². The summed E-state index contributed by atoms with van der Waals surface area (Å²) in [6, 6.07) is 14.2. The van der Waals surface area contributed by atoms with Crippen LogP contribution in [0.2, 0.25) is 0 Å². The molecule has 2 N–H and O–H groups in total. The Morgan fingerprint density at radius 2 is 1.81 bits per heavy atom. The number of ether oxygens (including phenoxy) is 1. The molecule has 0 aliphatic carbocycles. The third-order valence-electron chi connectivity index (χ3n) is 3.85. The number of carbonyl (C=O) groups is 1. The molecule has 0 aliphatic rings. The molecule has 0 bridgehead atoms. The van der Waals surface area contributed by atoms with Gasteiger partial charge in [-0.25, -0.2) is 13.1 Å². The molecule has 2 rings (SSSR count). The van der Waals surface area contributed by atoms with Crippen LogP contribution in [-0.2, 0) is 21.2 Å². The van der Waals surface area contributed by atoms with Gasteiger partial charge >= 0.3 is 0 Å². The number of rotatable bonds is 9. The van der Waals surface area contributed by atoms with Crippen molar-refractivity contribution in [3.63, 3.8) is 0 Å². The summed E-state index contributed by atoms with van der Waals surface area (Å²) in [5, 5.41) is 2.72. The van der Waals surface area contributed by atoms with E-state index in [1.54, 1.807) is 31.4 Å². The summed E-state index contributed by atoms with van der Waals surface area (Å²) in [4.78, 5) is 12.1. The maximum absolute atomic E-state index is 12.1. The third-order valence-corrected chi connectivity index (χ3v) is 5.32. The molecule has 0 heterocycles. The van der Waals surface area contributed by atoms with E-state index in [1.165, 1.54) is 0 Å². The van der Waals surface area contributed by atoms with Gasteiger partial charge in [0.2, 0.25) is 15.9 Å². The minimum atomic E-state index is -3.55. The van der Waals surface area contributed by atoms with Gasteiger partial charge in [0.1, 0.15) is 5.75 Å². The average Bonchev–Trinajstić information content (AvgIpc) is 2.64. The second-order valence-electron chi connectivity index (χ2n) is 5.91. The van der Waals surface area contributed by atoms with Crippen LogP contribution >= 0.6 is 0 Å². The molecule has 0 saturated carbocycles. The Morgan fingerprint density at radius 1 is 1.08 bits per heavy atom. The zero-order valence-electron chi connectivity index (χ0n) is 15.0. The van der Waals surface area contributed by atoms with Crippen molar-refractivity contribution in [1.82, 2.24) is 10.0 Å². The second kappa shape index (κ2) is 9.35. The quantitative estimate of drug-likeness (QED) is 0.656. The van der Waals surface area contributed by atoms with Gasteiger partial charge in [-0.1, -0.05) is 29.8 Å². The zero-order valence-corrected chi connectivity index (χ0v) is 15.8. The van der Waals surface area contributed by atoms with E-state index in [4.69, 9.17) is 4.74 Å². The molecule has 0 unspecified atom stereocenters. The molecule has 0 fully saturated rings. The number of amides is 1. The lowest BCUT2D eigenvalue weighted by atomic mass is 10.1. The van der Waals surface area contributed by atoms with Crippen LogP contribution in [0.15, 0.2) is 53.4 Å². The Kier molecular flexibility index (Phi) is 7.17. The van der Waals surface area contributed by atoms with Crippen molar-refractivity contribution in [2.45, 2.75) is 24.7 Å². The predicted octanol–water partition coefficient (Wildman–Crippen LogP) is 2.03. The van der Waals surface area contributed by atoms with Crippen LogP contribution in [0.3, 0.4) is 0 Å². The van der Waals surface area contributed by atoms with Crippen LogP contribution in [0.1, 0.15) is 17.5 Å². The Bertz CT molecular complexity index is 833. The number of hydrogen-bond donors (Lipinski definition) is 2. The van der Waals surface area contributed by atoms with Gasteiger partial charge in [-0.05, 0) is 43.2 Å². The molecule has 0 radical (unpaired) electrons. The Labute approximate surface area is 154 Å². The molecule has 0 saturated heterocycles. The second-order valence-corrected chi connectivity index (χ2v) is 7.68. The fourth-order valence-corrected chi connectivity index (χ4v) is 3.39. The van der Waals surface area contributed by atoms with Gasteiger partial charge in [0.15, 0.2) is 0 Å². The Morgan fingerprint density at radius 3 is 2.50 bits per heavy atom. The largest absolute Gasteiger partial charge is 0.497 e. The average molecular weight is 376 g/mol. The molecule has 2 aromatic carbocycles. The number of benzene rings is 2. The number of sulfonamides is 1. The van der Waals surface area contributed by atoms with Crippen LogP contribution in [0.4, 0.5) is 0 Å². The van der Waals surface area contributed by atoms with E-state index in [1.807, 2.05) is 31.2 Å². The van der Waals surface area contributed by atoms with Crippen LogP contribution in [0.5, 0.6) is 5.75 Å². The van der Waals surface area contributed by atoms with Crippen LogP contribution < -0.4 is 14.8 Å². The highest BCUT2D eigenvalue weighted by Gasteiger charge is 2.12. The van der Waals surface area contributed by atoms with Crippen molar-refractivity contribution < 1.29 is 17.9 Å². The minimum absolute atomic E-state index is 0.123. The van der Waals surface area contributed by atoms with E-state index < -0.39 is 10.0 Å². The molecule has 140 valence electrons. The molecule has 1 amide bonds. The Hall–Kier alpha value is -2.38. The molecule has 6 nitrogen and oxygen atoms in total. The molecule has 0 atom stereocenters. The molecular weight excluding hydrogens is 352 g/mol. The SMILES string of the molecule is COc1cccc(CCC(=O)NCCNS(=O)(=O)c2ccc(C)cc2)c1. The van der Waals surface area contributed by atoms with Crippen LogP contribution in [0.25, 0.3) is 0 Å². The first-order chi connectivity index (χ1) is 12.4. The molecule has 26 heavy (non-hydrogen) atoms. The maximum Gasteiger partial charge on any atom is 0.240 e. The zero-order chi connectivity index (χ0) is 19.0. The maximum atomic E-state index is 12.1. The van der Waals surface area contributed by atoms with Gasteiger partial charge in [-0.3, -0.25) is 4.79 Å². The third kappa shape index (κ3) is 6.16. The number of nitrogens with one attached hydrogen (secondary N) is 2. The fourth-order valence-electron chi connectivity index (χ4n) is 2.36. The topological polar surface area (TPSA) is 84.5 Å². The lowest BCUT2D eigenvalue weighted by Crippen LogP contribution is -2.34. The number of aryl methyl sites for hydroxylation is 2. The van der Waals surface area contributed by atoms with Crippen molar-refractivity contribution in [3.05, 3.63) is 59.7 Å². The normalized spacial score (nSPS) is 11.2. The van der Waals surface area contributed by atoms with E-state index in [2.05, 4.69) is 10.0 Å². The predicted molar refractivity (Wildman–Crippen MR) is 101 cm³/mol. The molecule has 2 aromatic rings. The molecule has 0 aliphatic heterocycles. The summed E-state index contributed by atoms with van der Waals surface area (Å²) in [6.45, 7) is 2.27. The monoisotopic (exact) mass is 376 g/mol. The standard InChI is InChI=1S/C19H24N2O4S/c1-15-6-9-18(10-7-15)26(23,24)21-13-12-20-19(22)11-8-16-4-3-5-17(14-16)25-2/h3-7,9-10,14,21H,8,11-13H2,1-2H3,(H,20,22). The van der Waals surface area contributed by atoms with Crippen molar-refractivity contribution in [3.8, 4) is 5.75 Å². The van der Waals surface area contributed by atoms with Crippen molar-refractivity contribution in [2.24, 2.45) is 0 Å². The number of carbonyl (C=O) groups excluding carboxylic acids is 1. The van der Waals surface area contributed by atoms with E-state index >= 15 is 0 Å².